The Bertz CT molecular complexity index is 383. The molecule has 1 aromatic carbocycles. The molecule has 5 heteroatoms. The maximum Gasteiger partial charge on any atom is 0.416 e. The van der Waals surface area contributed by atoms with E-state index in [-0.39, 0.29) is 6.04 Å². The number of hydrogen-bond acceptors (Lipinski definition) is 1. The van der Waals surface area contributed by atoms with Gasteiger partial charge < -0.3 is 5.32 Å². The number of alkyl halides is 3. The lowest BCUT2D eigenvalue weighted by atomic mass is 10.0. The van der Waals surface area contributed by atoms with Crippen molar-refractivity contribution in [2.24, 2.45) is 0 Å². The summed E-state index contributed by atoms with van der Waals surface area (Å²) in [5, 5.41) is 3.20. The largest absolute Gasteiger partial charge is 0.416 e. The molecule has 1 nitrogen and oxygen atoms in total. The maximum atomic E-state index is 12.6. The van der Waals surface area contributed by atoms with Crippen molar-refractivity contribution in [2.75, 3.05) is 6.54 Å². The molecule has 1 aliphatic rings. The summed E-state index contributed by atoms with van der Waals surface area (Å²) in [4.78, 5) is 0. The third kappa shape index (κ3) is 2.40. The lowest BCUT2D eigenvalue weighted by molar-refractivity contribution is -0.137. The second-order valence-electron chi connectivity index (χ2n) is 3.88. The number of halogens is 4. The Kier molecular flexibility index (Phi) is 3.26. The normalized spacial score (nSPS) is 21.4. The van der Waals surface area contributed by atoms with Crippen molar-refractivity contribution in [3.63, 3.8) is 0 Å². The van der Waals surface area contributed by atoms with Crippen molar-refractivity contribution < 1.29 is 13.2 Å². The average Bonchev–Trinajstić information content (AvgIpc) is 2.69. The zero-order valence-corrected chi connectivity index (χ0v) is 10.0. The van der Waals surface area contributed by atoms with Crippen LogP contribution in [0, 0.1) is 0 Å². The number of benzene rings is 1. The predicted octanol–water partition coefficient (Wildman–Crippen LogP) is 3.89. The highest BCUT2D eigenvalue weighted by atomic mass is 79.9. The van der Waals surface area contributed by atoms with Gasteiger partial charge in [0.05, 0.1) is 5.56 Å². The molecule has 1 fully saturated rings. The van der Waals surface area contributed by atoms with Crippen LogP contribution in [0.5, 0.6) is 0 Å². The first-order valence-corrected chi connectivity index (χ1v) is 5.88. The van der Waals surface area contributed by atoms with Crippen molar-refractivity contribution in [3.05, 3.63) is 33.8 Å². The topological polar surface area (TPSA) is 12.0 Å². The van der Waals surface area contributed by atoms with Gasteiger partial charge in [0.15, 0.2) is 0 Å². The molecule has 0 aromatic heterocycles. The Morgan fingerprint density at radius 3 is 2.62 bits per heavy atom. The second kappa shape index (κ2) is 4.37. The van der Waals surface area contributed by atoms with E-state index >= 15 is 0 Å². The number of rotatable bonds is 1. The highest BCUT2D eigenvalue weighted by molar-refractivity contribution is 9.10. The highest BCUT2D eigenvalue weighted by Gasteiger charge is 2.32. The van der Waals surface area contributed by atoms with Crippen LogP contribution in [-0.4, -0.2) is 6.54 Å². The van der Waals surface area contributed by atoms with Crippen LogP contribution in [-0.2, 0) is 6.18 Å². The Labute approximate surface area is 100 Å². The fourth-order valence-electron chi connectivity index (χ4n) is 1.94. The molecule has 1 heterocycles. The molecule has 0 saturated carbocycles. The Morgan fingerprint density at radius 1 is 1.31 bits per heavy atom. The van der Waals surface area contributed by atoms with Crippen LogP contribution in [0.4, 0.5) is 13.2 Å². The molecule has 1 aromatic rings. The molecule has 0 spiro atoms. The molecule has 0 amide bonds. The van der Waals surface area contributed by atoms with E-state index in [0.29, 0.717) is 5.56 Å². The summed E-state index contributed by atoms with van der Waals surface area (Å²) < 4.78 is 38.4. The molecule has 2 rings (SSSR count). The molecule has 1 aliphatic heterocycles. The van der Waals surface area contributed by atoms with E-state index in [1.54, 1.807) is 0 Å². The molecule has 0 unspecified atom stereocenters. The summed E-state index contributed by atoms with van der Waals surface area (Å²) >= 11 is 3.30. The minimum absolute atomic E-state index is 0.0386. The van der Waals surface area contributed by atoms with Crippen LogP contribution in [0.3, 0.4) is 0 Å². The van der Waals surface area contributed by atoms with Crippen molar-refractivity contribution in [1.29, 1.82) is 0 Å². The van der Waals surface area contributed by atoms with Gasteiger partial charge in [-0.15, -0.1) is 0 Å². The number of hydrogen-bond donors (Lipinski definition) is 1. The van der Waals surface area contributed by atoms with Gasteiger partial charge >= 0.3 is 6.18 Å². The van der Waals surface area contributed by atoms with E-state index in [9.17, 15) is 13.2 Å². The van der Waals surface area contributed by atoms with E-state index < -0.39 is 11.7 Å². The Hall–Kier alpha value is -0.550. The highest BCUT2D eigenvalue weighted by Crippen LogP contribution is 2.35. The fraction of sp³-hybridized carbons (Fsp3) is 0.455. The van der Waals surface area contributed by atoms with Crippen molar-refractivity contribution in [2.45, 2.75) is 25.1 Å². The van der Waals surface area contributed by atoms with Gasteiger partial charge in [-0.3, -0.25) is 0 Å². The van der Waals surface area contributed by atoms with E-state index in [0.717, 1.165) is 29.9 Å². The van der Waals surface area contributed by atoms with E-state index in [1.165, 1.54) is 12.1 Å². The molecule has 1 saturated heterocycles. The van der Waals surface area contributed by atoms with Crippen LogP contribution in [0.25, 0.3) is 0 Å². The van der Waals surface area contributed by atoms with Gasteiger partial charge in [-0.2, -0.15) is 13.2 Å². The summed E-state index contributed by atoms with van der Waals surface area (Å²) in [6.45, 7) is 0.868. The lowest BCUT2D eigenvalue weighted by Gasteiger charge is -2.15. The van der Waals surface area contributed by atoms with Crippen LogP contribution in [0.2, 0.25) is 0 Å². The molecule has 0 radical (unpaired) electrons. The van der Waals surface area contributed by atoms with Crippen molar-refractivity contribution in [1.82, 2.24) is 5.32 Å². The minimum atomic E-state index is -4.27. The fourth-order valence-corrected chi connectivity index (χ4v) is 2.46. The van der Waals surface area contributed by atoms with E-state index in [1.807, 2.05) is 0 Å². The molecule has 16 heavy (non-hydrogen) atoms. The molecule has 1 N–H and O–H groups in total. The van der Waals surface area contributed by atoms with Gasteiger partial charge in [0, 0.05) is 10.5 Å². The number of nitrogens with one attached hydrogen (secondary N) is 1. The van der Waals surface area contributed by atoms with Crippen molar-refractivity contribution >= 4 is 15.9 Å². The third-order valence-electron chi connectivity index (χ3n) is 2.76. The van der Waals surface area contributed by atoms with Gasteiger partial charge in [0.1, 0.15) is 0 Å². The molecule has 1 atom stereocenters. The summed E-state index contributed by atoms with van der Waals surface area (Å²) in [7, 11) is 0. The van der Waals surface area contributed by atoms with Crippen molar-refractivity contribution in [3.8, 4) is 0 Å². The first kappa shape index (κ1) is 11.9. The summed E-state index contributed by atoms with van der Waals surface area (Å²) in [5.74, 6) is 0. The smallest absolute Gasteiger partial charge is 0.310 e. The monoisotopic (exact) mass is 293 g/mol. The second-order valence-corrected chi connectivity index (χ2v) is 4.74. The van der Waals surface area contributed by atoms with Gasteiger partial charge in [-0.1, -0.05) is 15.9 Å². The standard InChI is InChI=1S/C11H11BrF3N/c12-9-4-3-7(11(13,14)15)6-8(9)10-2-1-5-16-10/h3-4,6,10,16H,1-2,5H2/t10-/m1/s1. The van der Waals surface area contributed by atoms with Crippen LogP contribution >= 0.6 is 15.9 Å². The first-order chi connectivity index (χ1) is 7.48. The molecule has 0 bridgehead atoms. The summed E-state index contributed by atoms with van der Waals surface area (Å²) in [5.41, 5.74) is 0.117. The maximum absolute atomic E-state index is 12.6. The van der Waals surface area contributed by atoms with Gasteiger partial charge in [0.2, 0.25) is 0 Å². The Balaban J connectivity index is 2.36. The molecular formula is C11H11BrF3N. The zero-order valence-electron chi connectivity index (χ0n) is 8.44. The van der Waals surface area contributed by atoms with Gasteiger partial charge in [0.25, 0.3) is 0 Å². The van der Waals surface area contributed by atoms with Crippen LogP contribution < -0.4 is 5.32 Å². The minimum Gasteiger partial charge on any atom is -0.310 e. The zero-order chi connectivity index (χ0) is 11.8. The third-order valence-corrected chi connectivity index (χ3v) is 3.48. The molecular weight excluding hydrogens is 283 g/mol. The predicted molar refractivity (Wildman–Crippen MR) is 59.1 cm³/mol. The average molecular weight is 294 g/mol. The lowest BCUT2D eigenvalue weighted by Crippen LogP contribution is -2.15. The van der Waals surface area contributed by atoms with Gasteiger partial charge in [-0.25, -0.2) is 0 Å². The van der Waals surface area contributed by atoms with Gasteiger partial charge in [-0.05, 0) is 43.1 Å². The summed E-state index contributed by atoms with van der Waals surface area (Å²) in [6, 6.07) is 3.84. The van der Waals surface area contributed by atoms with E-state index in [4.69, 9.17) is 0 Å². The van der Waals surface area contributed by atoms with E-state index in [2.05, 4.69) is 21.2 Å². The SMILES string of the molecule is FC(F)(F)c1ccc(Br)c([C@H]2CCCN2)c1. The molecule has 88 valence electrons. The quantitative estimate of drug-likeness (QED) is 0.828. The van der Waals surface area contributed by atoms with Crippen LogP contribution in [0.1, 0.15) is 30.0 Å². The first-order valence-electron chi connectivity index (χ1n) is 5.08. The molecule has 0 aliphatic carbocycles. The Morgan fingerprint density at radius 2 is 2.06 bits per heavy atom. The van der Waals surface area contributed by atoms with Crippen LogP contribution in [0.15, 0.2) is 22.7 Å². The summed E-state index contributed by atoms with van der Waals surface area (Å²) in [6.07, 6.45) is -2.37.